The summed E-state index contributed by atoms with van der Waals surface area (Å²) in [7, 11) is 0. The lowest BCUT2D eigenvalue weighted by atomic mass is 10.2. The maximum Gasteiger partial charge on any atom is 0.123 e. The minimum Gasteiger partial charge on any atom is -0.370 e. The van der Waals surface area contributed by atoms with Crippen molar-refractivity contribution in [2.75, 3.05) is 11.9 Å². The van der Waals surface area contributed by atoms with Gasteiger partial charge in [0, 0.05) is 13.0 Å². The molecule has 1 heterocycles. The summed E-state index contributed by atoms with van der Waals surface area (Å²) >= 11 is 0. The van der Waals surface area contributed by atoms with Crippen LogP contribution in [0.2, 0.25) is 0 Å². The van der Waals surface area contributed by atoms with Gasteiger partial charge in [0.1, 0.15) is 11.6 Å². The number of nitrogens with zero attached hydrogens (tertiary/aromatic N) is 1. The van der Waals surface area contributed by atoms with E-state index in [-0.39, 0.29) is 0 Å². The van der Waals surface area contributed by atoms with Crippen LogP contribution in [0.3, 0.4) is 0 Å². The number of rotatable bonds is 5. The fourth-order valence-electron chi connectivity index (χ4n) is 1.13. The molecule has 1 aromatic heterocycles. The highest BCUT2D eigenvalue weighted by atomic mass is 15.1. The Morgan fingerprint density at radius 1 is 1.54 bits per heavy atom. The molecule has 3 heteroatoms. The zero-order valence-electron chi connectivity index (χ0n) is 8.72. The molecule has 0 aliphatic carbocycles. The molecular formula is C10H19N3. The molecule has 0 aromatic carbocycles. The van der Waals surface area contributed by atoms with Gasteiger partial charge in [0.2, 0.25) is 0 Å². The Morgan fingerprint density at radius 2 is 2.31 bits per heavy atom. The molecule has 1 aromatic rings. The molecule has 0 aliphatic rings. The largest absolute Gasteiger partial charge is 0.370 e. The fourth-order valence-corrected chi connectivity index (χ4v) is 1.13. The third-order valence-corrected chi connectivity index (χ3v) is 1.82. The molecule has 0 radical (unpaired) electrons. The Balaban J connectivity index is 2.39. The predicted molar refractivity (Wildman–Crippen MR) is 55.9 cm³/mol. The quantitative estimate of drug-likeness (QED) is 0.732. The van der Waals surface area contributed by atoms with E-state index in [4.69, 9.17) is 0 Å². The van der Waals surface area contributed by atoms with Crippen LogP contribution < -0.4 is 5.32 Å². The Hall–Kier alpha value is -0.990. The van der Waals surface area contributed by atoms with Crippen LogP contribution in [0.1, 0.15) is 33.0 Å². The molecule has 0 unspecified atom stereocenters. The number of aromatic nitrogens is 2. The topological polar surface area (TPSA) is 40.7 Å². The van der Waals surface area contributed by atoms with Gasteiger partial charge in [0.25, 0.3) is 0 Å². The average molecular weight is 181 g/mol. The van der Waals surface area contributed by atoms with Crippen molar-refractivity contribution in [2.24, 2.45) is 5.92 Å². The van der Waals surface area contributed by atoms with E-state index in [1.54, 1.807) is 0 Å². The van der Waals surface area contributed by atoms with Gasteiger partial charge in [-0.15, -0.1) is 0 Å². The van der Waals surface area contributed by atoms with Crippen molar-refractivity contribution in [3.63, 3.8) is 0 Å². The van der Waals surface area contributed by atoms with E-state index >= 15 is 0 Å². The van der Waals surface area contributed by atoms with E-state index < -0.39 is 0 Å². The smallest absolute Gasteiger partial charge is 0.123 e. The van der Waals surface area contributed by atoms with Crippen molar-refractivity contribution >= 4 is 5.82 Å². The van der Waals surface area contributed by atoms with Crippen LogP contribution in [-0.2, 0) is 6.42 Å². The lowest BCUT2D eigenvalue weighted by Gasteiger charge is -2.05. The molecule has 74 valence electrons. The summed E-state index contributed by atoms with van der Waals surface area (Å²) < 4.78 is 0. The molecule has 0 bridgehead atoms. The second kappa shape index (κ2) is 4.90. The molecular weight excluding hydrogens is 162 g/mol. The lowest BCUT2D eigenvalue weighted by molar-refractivity contribution is 0.687. The molecule has 0 amide bonds. The first-order valence-electron chi connectivity index (χ1n) is 5.00. The Labute approximate surface area is 80.0 Å². The summed E-state index contributed by atoms with van der Waals surface area (Å²) in [6.45, 7) is 7.53. The molecule has 0 spiro atoms. The van der Waals surface area contributed by atoms with Crippen molar-refractivity contribution in [1.82, 2.24) is 9.97 Å². The van der Waals surface area contributed by atoms with Gasteiger partial charge >= 0.3 is 0 Å². The fraction of sp³-hybridized carbons (Fsp3) is 0.700. The molecule has 0 fully saturated rings. The zero-order valence-corrected chi connectivity index (χ0v) is 8.72. The first-order chi connectivity index (χ1) is 6.22. The summed E-state index contributed by atoms with van der Waals surface area (Å²) in [5.74, 6) is 2.78. The van der Waals surface area contributed by atoms with Crippen LogP contribution >= 0.6 is 0 Å². The maximum absolute atomic E-state index is 4.27. The monoisotopic (exact) mass is 181 g/mol. The summed E-state index contributed by atoms with van der Waals surface area (Å²) in [6.07, 6.45) is 4.04. The van der Waals surface area contributed by atoms with Crippen molar-refractivity contribution in [3.05, 3.63) is 12.0 Å². The summed E-state index contributed by atoms with van der Waals surface area (Å²) in [4.78, 5) is 7.51. The number of anilines is 1. The van der Waals surface area contributed by atoms with Gasteiger partial charge in [0.15, 0.2) is 0 Å². The number of hydrogen-bond donors (Lipinski definition) is 2. The summed E-state index contributed by atoms with van der Waals surface area (Å²) in [5.41, 5.74) is 0. The number of nitrogens with one attached hydrogen (secondary N) is 2. The van der Waals surface area contributed by atoms with Crippen molar-refractivity contribution in [3.8, 4) is 0 Å². The van der Waals surface area contributed by atoms with Crippen LogP contribution in [0.4, 0.5) is 5.82 Å². The van der Waals surface area contributed by atoms with Gasteiger partial charge in [0.05, 0.1) is 6.20 Å². The standard InChI is InChI=1S/C10H19N3/c1-4-5-9-12-7-10(13-9)11-6-8(2)3/h7-8,11H,4-6H2,1-3H3,(H,12,13). The van der Waals surface area contributed by atoms with Crippen LogP contribution in [0.15, 0.2) is 6.20 Å². The Morgan fingerprint density at radius 3 is 2.92 bits per heavy atom. The second-order valence-corrected chi connectivity index (χ2v) is 3.77. The molecule has 1 rings (SSSR count). The molecule has 0 saturated heterocycles. The second-order valence-electron chi connectivity index (χ2n) is 3.77. The maximum atomic E-state index is 4.27. The SMILES string of the molecule is CCCc1ncc(NCC(C)C)[nH]1. The highest BCUT2D eigenvalue weighted by molar-refractivity contribution is 5.32. The highest BCUT2D eigenvalue weighted by Crippen LogP contribution is 2.05. The molecule has 2 N–H and O–H groups in total. The normalized spacial score (nSPS) is 10.8. The van der Waals surface area contributed by atoms with Crippen LogP contribution in [0.5, 0.6) is 0 Å². The molecule has 3 nitrogen and oxygen atoms in total. The number of H-pyrrole nitrogens is 1. The molecule has 13 heavy (non-hydrogen) atoms. The van der Waals surface area contributed by atoms with Crippen molar-refractivity contribution in [2.45, 2.75) is 33.6 Å². The minimum atomic E-state index is 0.665. The number of aryl methyl sites for hydroxylation is 1. The highest BCUT2D eigenvalue weighted by Gasteiger charge is 1.99. The van der Waals surface area contributed by atoms with E-state index in [9.17, 15) is 0 Å². The first-order valence-corrected chi connectivity index (χ1v) is 5.00. The van der Waals surface area contributed by atoms with Gasteiger partial charge in [-0.05, 0) is 12.3 Å². The molecule has 0 atom stereocenters. The van der Waals surface area contributed by atoms with E-state index in [1.165, 1.54) is 0 Å². The van der Waals surface area contributed by atoms with Crippen LogP contribution in [0.25, 0.3) is 0 Å². The van der Waals surface area contributed by atoms with Crippen molar-refractivity contribution < 1.29 is 0 Å². The van der Waals surface area contributed by atoms with Gasteiger partial charge in [-0.3, -0.25) is 0 Å². The van der Waals surface area contributed by atoms with Gasteiger partial charge < -0.3 is 10.3 Å². The number of imidazole rings is 1. The number of hydrogen-bond acceptors (Lipinski definition) is 2. The van der Waals surface area contributed by atoms with Gasteiger partial charge in [-0.1, -0.05) is 20.8 Å². The Kier molecular flexibility index (Phi) is 3.80. The third-order valence-electron chi connectivity index (χ3n) is 1.82. The van der Waals surface area contributed by atoms with E-state index in [0.29, 0.717) is 5.92 Å². The first kappa shape index (κ1) is 10.1. The van der Waals surface area contributed by atoms with Gasteiger partial charge in [-0.2, -0.15) is 0 Å². The molecule has 0 aliphatic heterocycles. The van der Waals surface area contributed by atoms with Gasteiger partial charge in [-0.25, -0.2) is 4.98 Å². The lowest BCUT2D eigenvalue weighted by Crippen LogP contribution is -2.07. The number of aromatic amines is 1. The van der Waals surface area contributed by atoms with Crippen molar-refractivity contribution in [1.29, 1.82) is 0 Å². The summed E-state index contributed by atoms with van der Waals surface area (Å²) in [5, 5.41) is 3.30. The predicted octanol–water partition coefficient (Wildman–Crippen LogP) is 2.43. The van der Waals surface area contributed by atoms with E-state index in [0.717, 1.165) is 31.0 Å². The Bertz CT molecular complexity index is 240. The van der Waals surface area contributed by atoms with E-state index in [1.807, 2.05) is 6.20 Å². The summed E-state index contributed by atoms with van der Waals surface area (Å²) in [6, 6.07) is 0. The minimum absolute atomic E-state index is 0.665. The third kappa shape index (κ3) is 3.49. The zero-order chi connectivity index (χ0) is 9.68. The van der Waals surface area contributed by atoms with Crippen LogP contribution in [-0.4, -0.2) is 16.5 Å². The average Bonchev–Trinajstić information content (AvgIpc) is 2.50. The van der Waals surface area contributed by atoms with E-state index in [2.05, 4.69) is 36.1 Å². The molecule has 0 saturated carbocycles. The van der Waals surface area contributed by atoms with Crippen LogP contribution in [0, 0.1) is 5.92 Å².